The van der Waals surface area contributed by atoms with Crippen molar-refractivity contribution in [2.75, 3.05) is 0 Å². The van der Waals surface area contributed by atoms with Gasteiger partial charge in [-0.1, -0.05) is 18.2 Å². The Morgan fingerprint density at radius 1 is 1.39 bits per heavy atom. The van der Waals surface area contributed by atoms with Crippen LogP contribution >= 0.6 is 11.3 Å². The first kappa shape index (κ1) is 13.2. The van der Waals surface area contributed by atoms with Crippen LogP contribution in [0.25, 0.3) is 0 Å². The van der Waals surface area contributed by atoms with Gasteiger partial charge in [-0.3, -0.25) is 11.3 Å². The molecule has 2 rings (SSSR count). The molecule has 96 valence electrons. The van der Waals surface area contributed by atoms with Crippen molar-refractivity contribution in [2.45, 2.75) is 25.8 Å². The molecule has 1 aromatic heterocycles. The van der Waals surface area contributed by atoms with Crippen LogP contribution in [-0.4, -0.2) is 0 Å². The van der Waals surface area contributed by atoms with Gasteiger partial charge in [-0.2, -0.15) is 0 Å². The van der Waals surface area contributed by atoms with E-state index in [2.05, 4.69) is 16.9 Å². The van der Waals surface area contributed by atoms with Crippen LogP contribution in [-0.2, 0) is 6.42 Å². The van der Waals surface area contributed by atoms with Gasteiger partial charge in [-0.15, -0.1) is 11.3 Å². The smallest absolute Gasteiger partial charge is 0.126 e. The van der Waals surface area contributed by atoms with E-state index in [1.165, 1.54) is 4.88 Å². The number of aryl methyl sites for hydroxylation is 2. The van der Waals surface area contributed by atoms with E-state index >= 15 is 0 Å². The Kier molecular flexibility index (Phi) is 4.47. The molecule has 0 aliphatic heterocycles. The average Bonchev–Trinajstić information content (AvgIpc) is 2.87. The minimum Gasteiger partial charge on any atom is -0.271 e. The highest BCUT2D eigenvalue weighted by molar-refractivity contribution is 7.09. The fraction of sp³-hybridized carbons (Fsp3) is 0.286. The van der Waals surface area contributed by atoms with Crippen molar-refractivity contribution < 1.29 is 4.39 Å². The summed E-state index contributed by atoms with van der Waals surface area (Å²) in [5.74, 6) is 5.39. The second kappa shape index (κ2) is 6.09. The Labute approximate surface area is 111 Å². The second-order valence-electron chi connectivity index (χ2n) is 4.35. The van der Waals surface area contributed by atoms with E-state index in [1.807, 2.05) is 12.1 Å². The predicted octanol–water partition coefficient (Wildman–Crippen LogP) is 3.33. The largest absolute Gasteiger partial charge is 0.271 e. The Balaban J connectivity index is 2.05. The molecule has 0 radical (unpaired) electrons. The number of hydrazine groups is 1. The molecule has 0 saturated heterocycles. The Bertz CT molecular complexity index is 497. The van der Waals surface area contributed by atoms with Crippen molar-refractivity contribution in [1.29, 1.82) is 0 Å². The standard InChI is InChI=1S/C14H17FN2S/c1-10-4-5-11(9-13(10)15)14(17-16)7-6-12-3-2-8-18-12/h2-5,8-9,14,17H,6-7,16H2,1H3. The van der Waals surface area contributed by atoms with Crippen LogP contribution in [0.2, 0.25) is 0 Å². The number of rotatable bonds is 5. The summed E-state index contributed by atoms with van der Waals surface area (Å²) in [7, 11) is 0. The number of thiophene rings is 1. The zero-order valence-electron chi connectivity index (χ0n) is 10.3. The Morgan fingerprint density at radius 2 is 2.22 bits per heavy atom. The normalized spacial score (nSPS) is 12.6. The summed E-state index contributed by atoms with van der Waals surface area (Å²) < 4.78 is 13.5. The number of halogens is 1. The molecule has 0 fully saturated rings. The van der Waals surface area contributed by atoms with Crippen molar-refractivity contribution >= 4 is 11.3 Å². The van der Waals surface area contributed by atoms with Crippen LogP contribution in [0.15, 0.2) is 35.7 Å². The molecule has 0 amide bonds. The van der Waals surface area contributed by atoms with E-state index in [1.54, 1.807) is 30.4 Å². The maximum atomic E-state index is 13.5. The van der Waals surface area contributed by atoms with Crippen molar-refractivity contribution in [1.82, 2.24) is 5.43 Å². The van der Waals surface area contributed by atoms with Crippen molar-refractivity contribution in [3.63, 3.8) is 0 Å². The predicted molar refractivity (Wildman–Crippen MR) is 73.8 cm³/mol. The lowest BCUT2D eigenvalue weighted by atomic mass is 10.0. The molecule has 0 aliphatic rings. The third kappa shape index (κ3) is 3.16. The minimum atomic E-state index is -0.177. The maximum absolute atomic E-state index is 13.5. The van der Waals surface area contributed by atoms with Crippen LogP contribution in [0.4, 0.5) is 4.39 Å². The zero-order valence-corrected chi connectivity index (χ0v) is 11.1. The second-order valence-corrected chi connectivity index (χ2v) is 5.38. The first-order valence-electron chi connectivity index (χ1n) is 5.95. The van der Waals surface area contributed by atoms with E-state index < -0.39 is 0 Å². The van der Waals surface area contributed by atoms with E-state index in [-0.39, 0.29) is 11.9 Å². The molecule has 3 N–H and O–H groups in total. The molecule has 1 heterocycles. The minimum absolute atomic E-state index is 0.0119. The monoisotopic (exact) mass is 264 g/mol. The van der Waals surface area contributed by atoms with Gasteiger partial charge in [0.05, 0.1) is 0 Å². The van der Waals surface area contributed by atoms with Gasteiger partial charge in [0, 0.05) is 10.9 Å². The van der Waals surface area contributed by atoms with E-state index in [0.29, 0.717) is 5.56 Å². The number of nitrogens with two attached hydrogens (primary N) is 1. The van der Waals surface area contributed by atoms with Crippen LogP contribution < -0.4 is 11.3 Å². The SMILES string of the molecule is Cc1ccc(C(CCc2cccs2)NN)cc1F. The summed E-state index contributed by atoms with van der Waals surface area (Å²) in [4.78, 5) is 1.32. The fourth-order valence-corrected chi connectivity index (χ4v) is 2.64. The number of hydrogen-bond donors (Lipinski definition) is 2. The van der Waals surface area contributed by atoms with Gasteiger partial charge in [-0.05, 0) is 48.4 Å². The molecule has 2 aromatic rings. The molecule has 0 bridgehead atoms. The van der Waals surface area contributed by atoms with Crippen LogP contribution in [0.5, 0.6) is 0 Å². The number of benzene rings is 1. The van der Waals surface area contributed by atoms with Gasteiger partial charge in [0.2, 0.25) is 0 Å². The summed E-state index contributed by atoms with van der Waals surface area (Å²) in [5, 5.41) is 2.06. The topological polar surface area (TPSA) is 38.0 Å². The van der Waals surface area contributed by atoms with E-state index in [9.17, 15) is 4.39 Å². The summed E-state index contributed by atoms with van der Waals surface area (Å²) in [6, 6.07) is 9.41. The van der Waals surface area contributed by atoms with Gasteiger partial charge >= 0.3 is 0 Å². The maximum Gasteiger partial charge on any atom is 0.126 e. The number of nitrogens with one attached hydrogen (secondary N) is 1. The fourth-order valence-electron chi connectivity index (χ4n) is 1.91. The highest BCUT2D eigenvalue weighted by Crippen LogP contribution is 2.22. The molecule has 0 aliphatic carbocycles. The third-order valence-electron chi connectivity index (χ3n) is 3.06. The van der Waals surface area contributed by atoms with Crippen molar-refractivity contribution in [3.8, 4) is 0 Å². The first-order chi connectivity index (χ1) is 8.70. The van der Waals surface area contributed by atoms with Crippen molar-refractivity contribution in [2.24, 2.45) is 5.84 Å². The van der Waals surface area contributed by atoms with Crippen LogP contribution in [0, 0.1) is 12.7 Å². The van der Waals surface area contributed by atoms with Gasteiger partial charge in [0.1, 0.15) is 5.82 Å². The van der Waals surface area contributed by atoms with Gasteiger partial charge in [0.15, 0.2) is 0 Å². The molecule has 2 nitrogen and oxygen atoms in total. The van der Waals surface area contributed by atoms with E-state index in [4.69, 9.17) is 5.84 Å². The van der Waals surface area contributed by atoms with Crippen molar-refractivity contribution in [3.05, 3.63) is 57.5 Å². The summed E-state index contributed by atoms with van der Waals surface area (Å²) in [6.07, 6.45) is 1.81. The molecular weight excluding hydrogens is 247 g/mol. The van der Waals surface area contributed by atoms with E-state index in [0.717, 1.165) is 18.4 Å². The van der Waals surface area contributed by atoms with Gasteiger partial charge in [0.25, 0.3) is 0 Å². The quantitative estimate of drug-likeness (QED) is 0.642. The highest BCUT2D eigenvalue weighted by atomic mass is 32.1. The lowest BCUT2D eigenvalue weighted by Crippen LogP contribution is -2.28. The molecule has 1 unspecified atom stereocenters. The summed E-state index contributed by atoms with van der Waals surface area (Å²) in [5.41, 5.74) is 4.33. The molecule has 18 heavy (non-hydrogen) atoms. The summed E-state index contributed by atoms with van der Waals surface area (Å²) >= 11 is 1.73. The lowest BCUT2D eigenvalue weighted by molar-refractivity contribution is 0.512. The van der Waals surface area contributed by atoms with Crippen LogP contribution in [0.1, 0.15) is 28.5 Å². The molecule has 4 heteroatoms. The lowest BCUT2D eigenvalue weighted by Gasteiger charge is -2.16. The van der Waals surface area contributed by atoms with Gasteiger partial charge < -0.3 is 0 Å². The van der Waals surface area contributed by atoms with Gasteiger partial charge in [-0.25, -0.2) is 4.39 Å². The Hall–Kier alpha value is -1.23. The first-order valence-corrected chi connectivity index (χ1v) is 6.83. The molecule has 0 saturated carbocycles. The molecule has 1 aromatic carbocycles. The Morgan fingerprint density at radius 3 is 2.83 bits per heavy atom. The molecule has 1 atom stereocenters. The summed E-state index contributed by atoms with van der Waals surface area (Å²) in [6.45, 7) is 1.76. The highest BCUT2D eigenvalue weighted by Gasteiger charge is 2.11. The van der Waals surface area contributed by atoms with Crippen LogP contribution in [0.3, 0.4) is 0 Å². The average molecular weight is 264 g/mol. The molecular formula is C14H17FN2S. The molecule has 0 spiro atoms. The number of hydrogen-bond acceptors (Lipinski definition) is 3. The zero-order chi connectivity index (χ0) is 13.0. The third-order valence-corrected chi connectivity index (χ3v) is 4.00.